The van der Waals surface area contributed by atoms with E-state index in [4.69, 9.17) is 0 Å². The Labute approximate surface area is 93.5 Å². The summed E-state index contributed by atoms with van der Waals surface area (Å²) in [6.07, 6.45) is -4.37. The molecule has 5 heteroatoms. The number of halogens is 3. The molecule has 0 atom stereocenters. The van der Waals surface area contributed by atoms with Gasteiger partial charge in [0.05, 0.1) is 5.56 Å². The minimum Gasteiger partial charge on any atom is -0.294 e. The van der Waals surface area contributed by atoms with E-state index in [-0.39, 0.29) is 5.78 Å². The molecule has 0 radical (unpaired) electrons. The molecular weight excluding hydrogens is 237 g/mol. The van der Waals surface area contributed by atoms with Gasteiger partial charge in [-0.15, -0.1) is 11.3 Å². The third-order valence-electron chi connectivity index (χ3n) is 2.28. The van der Waals surface area contributed by atoms with Crippen LogP contribution >= 0.6 is 11.3 Å². The Morgan fingerprint density at radius 1 is 1.31 bits per heavy atom. The van der Waals surface area contributed by atoms with Crippen molar-refractivity contribution in [2.24, 2.45) is 0 Å². The van der Waals surface area contributed by atoms with Crippen molar-refractivity contribution >= 4 is 27.2 Å². The van der Waals surface area contributed by atoms with E-state index < -0.39 is 11.7 Å². The smallest absolute Gasteiger partial charge is 0.294 e. The van der Waals surface area contributed by atoms with Gasteiger partial charge in [-0.2, -0.15) is 13.2 Å². The van der Waals surface area contributed by atoms with Crippen LogP contribution in [-0.4, -0.2) is 5.78 Å². The molecule has 0 bridgehead atoms. The fourth-order valence-corrected chi connectivity index (χ4v) is 2.46. The number of carbonyl (C=O) groups excluding carboxylic acids is 1. The second kappa shape index (κ2) is 3.59. The number of hydrogen-bond acceptors (Lipinski definition) is 2. The molecule has 1 nitrogen and oxygen atoms in total. The van der Waals surface area contributed by atoms with Crippen molar-refractivity contribution < 1.29 is 18.0 Å². The summed E-state index contributed by atoms with van der Waals surface area (Å²) in [6.45, 7) is 1.35. The molecular formula is C11H7F3OS. The van der Waals surface area contributed by atoms with Crippen molar-refractivity contribution in [3.8, 4) is 0 Å². The van der Waals surface area contributed by atoms with Gasteiger partial charge in [0, 0.05) is 21.0 Å². The molecule has 0 unspecified atom stereocenters. The molecule has 0 saturated heterocycles. The van der Waals surface area contributed by atoms with Crippen LogP contribution in [0.1, 0.15) is 22.8 Å². The summed E-state index contributed by atoms with van der Waals surface area (Å²) < 4.78 is 38.1. The number of hydrogen-bond donors (Lipinski definition) is 0. The second-order valence-corrected chi connectivity index (χ2v) is 4.33. The lowest BCUT2D eigenvalue weighted by Crippen LogP contribution is -2.04. The topological polar surface area (TPSA) is 17.1 Å². The molecule has 1 aromatic heterocycles. The maximum absolute atomic E-state index is 12.5. The summed E-state index contributed by atoms with van der Waals surface area (Å²) >= 11 is 1.27. The first kappa shape index (κ1) is 11.1. The average molecular weight is 244 g/mol. The molecule has 16 heavy (non-hydrogen) atoms. The summed E-state index contributed by atoms with van der Waals surface area (Å²) in [5.74, 6) is -0.217. The molecule has 0 aliphatic rings. The van der Waals surface area contributed by atoms with Crippen molar-refractivity contribution in [1.29, 1.82) is 0 Å². The van der Waals surface area contributed by atoms with Gasteiger partial charge < -0.3 is 0 Å². The van der Waals surface area contributed by atoms with E-state index >= 15 is 0 Å². The summed E-state index contributed by atoms with van der Waals surface area (Å²) in [5, 5.41) is 1.97. The summed E-state index contributed by atoms with van der Waals surface area (Å²) in [5.41, 5.74) is -0.369. The quantitative estimate of drug-likeness (QED) is 0.689. The molecule has 0 aliphatic heterocycles. The highest BCUT2D eigenvalue weighted by molar-refractivity contribution is 7.17. The Morgan fingerprint density at radius 3 is 2.56 bits per heavy atom. The van der Waals surface area contributed by atoms with E-state index in [1.54, 1.807) is 5.38 Å². The van der Waals surface area contributed by atoms with Crippen LogP contribution in [0.4, 0.5) is 13.2 Å². The molecule has 0 aliphatic carbocycles. The summed E-state index contributed by atoms with van der Waals surface area (Å²) in [4.78, 5) is 11.2. The highest BCUT2D eigenvalue weighted by atomic mass is 32.1. The van der Waals surface area contributed by atoms with Gasteiger partial charge in [0.2, 0.25) is 0 Å². The van der Waals surface area contributed by atoms with E-state index in [9.17, 15) is 18.0 Å². The van der Waals surface area contributed by atoms with E-state index in [1.807, 2.05) is 0 Å². The Morgan fingerprint density at radius 2 is 2.00 bits per heavy atom. The minimum absolute atomic E-state index is 0.217. The summed E-state index contributed by atoms with van der Waals surface area (Å²) in [6, 6.07) is 3.46. The van der Waals surface area contributed by atoms with Gasteiger partial charge in [-0.25, -0.2) is 0 Å². The molecule has 1 heterocycles. The predicted molar refractivity (Wildman–Crippen MR) is 56.8 cm³/mol. The number of rotatable bonds is 1. The molecule has 0 saturated carbocycles. The molecule has 2 rings (SSSR count). The maximum Gasteiger partial charge on any atom is 0.416 e. The first-order chi connectivity index (χ1) is 7.39. The highest BCUT2D eigenvalue weighted by Gasteiger charge is 2.30. The zero-order valence-electron chi connectivity index (χ0n) is 8.26. The normalized spacial score (nSPS) is 12.0. The fraction of sp³-hybridized carbons (Fsp3) is 0.182. The molecule has 0 fully saturated rings. The Hall–Kier alpha value is -1.36. The molecule has 84 valence electrons. The molecule has 0 N–H and O–H groups in total. The number of benzene rings is 1. The Bertz CT molecular complexity index is 554. The second-order valence-electron chi connectivity index (χ2n) is 3.41. The van der Waals surface area contributed by atoms with Gasteiger partial charge in [-0.05, 0) is 25.1 Å². The number of ketones is 1. The SMILES string of the molecule is CC(=O)c1csc2ccc(C(F)(F)F)cc12. The monoisotopic (exact) mass is 244 g/mol. The van der Waals surface area contributed by atoms with Crippen LogP contribution in [0.15, 0.2) is 23.6 Å². The van der Waals surface area contributed by atoms with E-state index in [0.717, 1.165) is 12.1 Å². The van der Waals surface area contributed by atoms with Crippen LogP contribution < -0.4 is 0 Å². The lowest BCUT2D eigenvalue weighted by Gasteiger charge is -2.06. The fourth-order valence-electron chi connectivity index (χ4n) is 1.48. The number of Topliss-reactive ketones (excluding diaryl/α,β-unsaturated/α-hetero) is 1. The Kier molecular flexibility index (Phi) is 2.50. The van der Waals surface area contributed by atoms with Gasteiger partial charge in [0.1, 0.15) is 0 Å². The zero-order valence-corrected chi connectivity index (χ0v) is 9.08. The van der Waals surface area contributed by atoms with Crippen molar-refractivity contribution in [1.82, 2.24) is 0 Å². The van der Waals surface area contributed by atoms with Crippen LogP contribution in [0.25, 0.3) is 10.1 Å². The number of alkyl halides is 3. The van der Waals surface area contributed by atoms with Crippen LogP contribution in [0.5, 0.6) is 0 Å². The molecule has 0 amide bonds. The van der Waals surface area contributed by atoms with Gasteiger partial charge >= 0.3 is 6.18 Å². The van der Waals surface area contributed by atoms with E-state index in [1.165, 1.54) is 24.3 Å². The zero-order chi connectivity index (χ0) is 11.9. The third-order valence-corrected chi connectivity index (χ3v) is 3.24. The third kappa shape index (κ3) is 1.82. The Balaban J connectivity index is 2.68. The van der Waals surface area contributed by atoms with Gasteiger partial charge in [-0.3, -0.25) is 4.79 Å². The van der Waals surface area contributed by atoms with Crippen LogP contribution in [0.3, 0.4) is 0 Å². The minimum atomic E-state index is -4.37. The van der Waals surface area contributed by atoms with Crippen molar-refractivity contribution in [3.63, 3.8) is 0 Å². The van der Waals surface area contributed by atoms with Crippen molar-refractivity contribution in [2.75, 3.05) is 0 Å². The first-order valence-corrected chi connectivity index (χ1v) is 5.37. The van der Waals surface area contributed by atoms with Gasteiger partial charge in [0.25, 0.3) is 0 Å². The van der Waals surface area contributed by atoms with E-state index in [2.05, 4.69) is 0 Å². The number of thiophene rings is 1. The van der Waals surface area contributed by atoms with Crippen LogP contribution in [0, 0.1) is 0 Å². The van der Waals surface area contributed by atoms with E-state index in [0.29, 0.717) is 15.6 Å². The predicted octanol–water partition coefficient (Wildman–Crippen LogP) is 4.12. The summed E-state index contributed by atoms with van der Waals surface area (Å²) in [7, 11) is 0. The van der Waals surface area contributed by atoms with Gasteiger partial charge in [0.15, 0.2) is 5.78 Å². The molecule has 0 spiro atoms. The lowest BCUT2D eigenvalue weighted by atomic mass is 10.1. The van der Waals surface area contributed by atoms with Crippen molar-refractivity contribution in [3.05, 3.63) is 34.7 Å². The first-order valence-electron chi connectivity index (χ1n) is 4.49. The maximum atomic E-state index is 12.5. The largest absolute Gasteiger partial charge is 0.416 e. The average Bonchev–Trinajstić information content (AvgIpc) is 2.58. The highest BCUT2D eigenvalue weighted by Crippen LogP contribution is 2.34. The van der Waals surface area contributed by atoms with Crippen LogP contribution in [0.2, 0.25) is 0 Å². The lowest BCUT2D eigenvalue weighted by molar-refractivity contribution is -0.137. The van der Waals surface area contributed by atoms with Crippen LogP contribution in [-0.2, 0) is 6.18 Å². The molecule has 1 aromatic carbocycles. The number of carbonyl (C=O) groups is 1. The number of fused-ring (bicyclic) bond motifs is 1. The van der Waals surface area contributed by atoms with Gasteiger partial charge in [-0.1, -0.05) is 0 Å². The standard InChI is InChI=1S/C11H7F3OS/c1-6(15)9-5-16-10-3-2-7(4-8(9)10)11(12,13)14/h2-5H,1H3. The molecule has 2 aromatic rings. The van der Waals surface area contributed by atoms with Crippen molar-refractivity contribution in [2.45, 2.75) is 13.1 Å².